The molecular formula is C23H39NO9. The molecular weight excluding hydrogens is 434 g/mol. The molecule has 0 spiro atoms. The van der Waals surface area contributed by atoms with E-state index in [0.717, 1.165) is 19.3 Å². The van der Waals surface area contributed by atoms with E-state index in [9.17, 15) is 24.3 Å². The number of hydrogen-bond acceptors (Lipinski definition) is 9. The van der Waals surface area contributed by atoms with Gasteiger partial charge in [0.1, 0.15) is 18.8 Å². The summed E-state index contributed by atoms with van der Waals surface area (Å²) in [7, 11) is 0. The first-order valence-corrected chi connectivity index (χ1v) is 11.9. The van der Waals surface area contributed by atoms with Crippen LogP contribution in [0.1, 0.15) is 85.5 Å². The molecule has 5 atom stereocenters. The number of carbonyl (C=O) groups excluding carboxylic acids is 4. The number of unbranched alkanes of at least 4 members (excludes halogenated alkanes) is 3. The monoisotopic (exact) mass is 473 g/mol. The van der Waals surface area contributed by atoms with Crippen LogP contribution in [-0.2, 0) is 38.1 Å². The van der Waals surface area contributed by atoms with Crippen LogP contribution in [0.3, 0.4) is 0 Å². The summed E-state index contributed by atoms with van der Waals surface area (Å²) in [5.74, 6) is -2.04. The van der Waals surface area contributed by atoms with Crippen molar-refractivity contribution in [3.63, 3.8) is 0 Å². The zero-order valence-corrected chi connectivity index (χ0v) is 20.2. The van der Waals surface area contributed by atoms with Crippen LogP contribution in [0.25, 0.3) is 0 Å². The largest absolute Gasteiger partial charge is 0.463 e. The lowest BCUT2D eigenvalue weighted by atomic mass is 9.96. The first-order chi connectivity index (χ1) is 15.7. The van der Waals surface area contributed by atoms with Crippen LogP contribution in [0.2, 0.25) is 0 Å². The van der Waals surface area contributed by atoms with Crippen molar-refractivity contribution in [3.8, 4) is 0 Å². The van der Waals surface area contributed by atoms with Gasteiger partial charge in [-0.15, -0.1) is 0 Å². The van der Waals surface area contributed by atoms with Crippen LogP contribution >= 0.6 is 0 Å². The fourth-order valence-corrected chi connectivity index (χ4v) is 3.36. The SMILES string of the molecule is CCCCC(=O)OC[C@H]1O[C@H](O)[C@@H](NC(C)=O)[C@@H](OC(=O)CCCC)[C@@H]1OC(=O)CCCC. The normalized spacial score (nSPS) is 24.6. The first kappa shape index (κ1) is 28.8. The lowest BCUT2D eigenvalue weighted by Crippen LogP contribution is -2.66. The van der Waals surface area contributed by atoms with Crippen molar-refractivity contribution in [1.29, 1.82) is 0 Å². The zero-order chi connectivity index (χ0) is 24.8. The number of aliphatic hydroxyl groups is 1. The number of amides is 1. The summed E-state index contributed by atoms with van der Waals surface area (Å²) in [6.45, 7) is 6.73. The van der Waals surface area contributed by atoms with Crippen molar-refractivity contribution in [2.45, 2.75) is 116 Å². The van der Waals surface area contributed by atoms with Gasteiger partial charge in [0, 0.05) is 26.2 Å². The maximum absolute atomic E-state index is 12.4. The number of nitrogens with one attached hydrogen (secondary N) is 1. The summed E-state index contributed by atoms with van der Waals surface area (Å²) in [6, 6.07) is -1.16. The molecule has 1 heterocycles. The third-order valence-electron chi connectivity index (χ3n) is 5.18. The highest BCUT2D eigenvalue weighted by molar-refractivity contribution is 5.74. The predicted octanol–water partition coefficient (Wildman–Crippen LogP) is 2.15. The van der Waals surface area contributed by atoms with E-state index in [-0.39, 0.29) is 25.9 Å². The molecule has 1 aliphatic rings. The molecule has 1 saturated heterocycles. The Kier molecular flexibility index (Phi) is 13.6. The van der Waals surface area contributed by atoms with E-state index in [0.29, 0.717) is 19.3 Å². The average Bonchev–Trinajstić information content (AvgIpc) is 2.77. The first-order valence-electron chi connectivity index (χ1n) is 11.9. The molecule has 0 unspecified atom stereocenters. The van der Waals surface area contributed by atoms with E-state index in [1.54, 1.807) is 0 Å². The number of hydrogen-bond donors (Lipinski definition) is 2. The Labute approximate surface area is 195 Å². The van der Waals surface area contributed by atoms with Crippen molar-refractivity contribution in [3.05, 3.63) is 0 Å². The van der Waals surface area contributed by atoms with Crippen LogP contribution in [0.4, 0.5) is 0 Å². The van der Waals surface area contributed by atoms with Crippen molar-refractivity contribution in [2.24, 2.45) is 0 Å². The Morgan fingerprint density at radius 2 is 1.30 bits per heavy atom. The third kappa shape index (κ3) is 10.5. The van der Waals surface area contributed by atoms with E-state index in [1.807, 2.05) is 20.8 Å². The fourth-order valence-electron chi connectivity index (χ4n) is 3.36. The summed E-state index contributed by atoms with van der Waals surface area (Å²) in [5, 5.41) is 13.1. The minimum absolute atomic E-state index is 0.129. The molecule has 1 aliphatic heterocycles. The molecule has 0 aliphatic carbocycles. The van der Waals surface area contributed by atoms with Crippen molar-refractivity contribution >= 4 is 23.8 Å². The van der Waals surface area contributed by atoms with Gasteiger partial charge in [0.2, 0.25) is 5.91 Å². The van der Waals surface area contributed by atoms with Gasteiger partial charge in [-0.3, -0.25) is 19.2 Å². The minimum Gasteiger partial charge on any atom is -0.463 e. The second kappa shape index (κ2) is 15.6. The molecule has 0 radical (unpaired) electrons. The van der Waals surface area contributed by atoms with Gasteiger partial charge in [0.15, 0.2) is 18.5 Å². The molecule has 33 heavy (non-hydrogen) atoms. The Balaban J connectivity index is 3.13. The predicted molar refractivity (Wildman–Crippen MR) is 118 cm³/mol. The summed E-state index contributed by atoms with van der Waals surface area (Å²) in [5.41, 5.74) is 0. The Hall–Kier alpha value is -2.20. The maximum Gasteiger partial charge on any atom is 0.306 e. The molecule has 1 rings (SSSR count). The second-order valence-corrected chi connectivity index (χ2v) is 8.19. The Morgan fingerprint density at radius 3 is 1.79 bits per heavy atom. The Morgan fingerprint density at radius 1 is 0.818 bits per heavy atom. The van der Waals surface area contributed by atoms with Gasteiger partial charge in [0.05, 0.1) is 0 Å². The van der Waals surface area contributed by atoms with Crippen LogP contribution in [0.5, 0.6) is 0 Å². The number of ether oxygens (including phenoxy) is 4. The summed E-state index contributed by atoms with van der Waals surface area (Å²) in [6.07, 6.45) is -0.343. The van der Waals surface area contributed by atoms with Crippen molar-refractivity contribution < 1.29 is 43.2 Å². The minimum atomic E-state index is -1.57. The quantitative estimate of drug-likeness (QED) is 0.287. The molecule has 0 aromatic carbocycles. The van der Waals surface area contributed by atoms with E-state index in [4.69, 9.17) is 18.9 Å². The van der Waals surface area contributed by atoms with E-state index in [2.05, 4.69) is 5.32 Å². The molecule has 10 heteroatoms. The molecule has 0 bridgehead atoms. The zero-order valence-electron chi connectivity index (χ0n) is 20.2. The smallest absolute Gasteiger partial charge is 0.306 e. The highest BCUT2D eigenvalue weighted by Gasteiger charge is 2.50. The third-order valence-corrected chi connectivity index (χ3v) is 5.18. The lowest BCUT2D eigenvalue weighted by Gasteiger charge is -2.43. The van der Waals surface area contributed by atoms with Crippen LogP contribution in [0, 0.1) is 0 Å². The number of rotatable bonds is 14. The molecule has 0 aromatic heterocycles. The summed E-state index contributed by atoms with van der Waals surface area (Å²) < 4.78 is 22.0. The van der Waals surface area contributed by atoms with Gasteiger partial charge in [0.25, 0.3) is 0 Å². The van der Waals surface area contributed by atoms with Crippen LogP contribution in [0.15, 0.2) is 0 Å². The van der Waals surface area contributed by atoms with E-state index < -0.39 is 54.5 Å². The topological polar surface area (TPSA) is 137 Å². The molecule has 0 aromatic rings. The van der Waals surface area contributed by atoms with Gasteiger partial charge in [-0.25, -0.2) is 0 Å². The van der Waals surface area contributed by atoms with Crippen LogP contribution < -0.4 is 5.32 Å². The van der Waals surface area contributed by atoms with Crippen molar-refractivity contribution in [1.82, 2.24) is 5.32 Å². The van der Waals surface area contributed by atoms with Gasteiger partial charge < -0.3 is 29.4 Å². The molecule has 10 nitrogen and oxygen atoms in total. The van der Waals surface area contributed by atoms with Crippen LogP contribution in [-0.4, -0.2) is 66.2 Å². The standard InChI is InChI=1S/C23H39NO9/c1-5-8-11-17(26)30-14-16-21(32-18(27)12-9-6-2)22(33-19(28)13-10-7-3)20(23(29)31-16)24-15(4)25/h16,20-23,29H,5-14H2,1-4H3,(H,24,25)/t16-,20+,21-,22-,23+/m1/s1. The van der Waals surface area contributed by atoms with E-state index in [1.165, 1.54) is 6.92 Å². The van der Waals surface area contributed by atoms with Gasteiger partial charge in [-0.05, 0) is 19.3 Å². The second-order valence-electron chi connectivity index (χ2n) is 8.19. The number of esters is 3. The van der Waals surface area contributed by atoms with Gasteiger partial charge >= 0.3 is 17.9 Å². The van der Waals surface area contributed by atoms with Gasteiger partial charge in [-0.1, -0.05) is 40.0 Å². The average molecular weight is 474 g/mol. The molecule has 1 fully saturated rings. The maximum atomic E-state index is 12.4. The van der Waals surface area contributed by atoms with E-state index >= 15 is 0 Å². The molecule has 1 amide bonds. The van der Waals surface area contributed by atoms with Crippen molar-refractivity contribution in [2.75, 3.05) is 6.61 Å². The number of aliphatic hydroxyl groups excluding tert-OH is 1. The number of carbonyl (C=O) groups is 4. The molecule has 0 saturated carbocycles. The molecule has 2 N–H and O–H groups in total. The van der Waals surface area contributed by atoms with Gasteiger partial charge in [-0.2, -0.15) is 0 Å². The highest BCUT2D eigenvalue weighted by atomic mass is 16.7. The Bertz CT molecular complexity index is 639. The lowest BCUT2D eigenvalue weighted by molar-refractivity contribution is -0.265. The summed E-state index contributed by atoms with van der Waals surface area (Å²) >= 11 is 0. The highest BCUT2D eigenvalue weighted by Crippen LogP contribution is 2.27. The summed E-state index contributed by atoms with van der Waals surface area (Å²) in [4.78, 5) is 48.6. The fraction of sp³-hybridized carbons (Fsp3) is 0.826. The molecule has 190 valence electrons.